The molecule has 1 aliphatic rings. The van der Waals surface area contributed by atoms with Crippen molar-refractivity contribution < 1.29 is 9.90 Å². The fraction of sp³-hybridized carbons (Fsp3) is 0.538. The summed E-state index contributed by atoms with van der Waals surface area (Å²) in [4.78, 5) is 14.4. The van der Waals surface area contributed by atoms with Crippen molar-refractivity contribution in [3.8, 4) is 0 Å². The number of fused-ring (bicyclic) bond motifs is 1. The number of amides is 1. The number of hydrogen-bond donors (Lipinski definition) is 1. The van der Waals surface area contributed by atoms with Crippen LogP contribution in [0, 0.1) is 5.92 Å². The highest BCUT2D eigenvalue weighted by atomic mass is 16.3. The van der Waals surface area contributed by atoms with Crippen molar-refractivity contribution in [2.75, 3.05) is 13.2 Å². The van der Waals surface area contributed by atoms with Crippen molar-refractivity contribution in [1.29, 1.82) is 0 Å². The molecular weight excluding hydrogens is 258 g/mol. The second-order valence-electron chi connectivity index (χ2n) is 5.32. The zero-order chi connectivity index (χ0) is 14.1. The smallest absolute Gasteiger partial charge is 0.255 e. The predicted molar refractivity (Wildman–Crippen MR) is 71.1 cm³/mol. The molecule has 1 saturated heterocycles. The molecule has 7 heteroatoms. The van der Waals surface area contributed by atoms with Crippen molar-refractivity contribution in [3.63, 3.8) is 0 Å². The highest BCUT2D eigenvalue weighted by molar-refractivity contribution is 5.94. The van der Waals surface area contributed by atoms with Gasteiger partial charge in [0.25, 0.3) is 5.91 Å². The van der Waals surface area contributed by atoms with Gasteiger partial charge in [-0.3, -0.25) is 4.79 Å². The van der Waals surface area contributed by atoms with E-state index in [1.54, 1.807) is 18.3 Å². The number of tetrazole rings is 1. The molecule has 1 N–H and O–H groups in total. The van der Waals surface area contributed by atoms with Crippen LogP contribution in [0.1, 0.15) is 30.1 Å². The summed E-state index contributed by atoms with van der Waals surface area (Å²) in [5.74, 6) is 0.294. The molecule has 3 rings (SSSR count). The largest absolute Gasteiger partial charge is 0.396 e. The summed E-state index contributed by atoms with van der Waals surface area (Å²) in [6.07, 6.45) is 3.34. The maximum Gasteiger partial charge on any atom is 0.255 e. The van der Waals surface area contributed by atoms with E-state index in [1.165, 1.54) is 4.52 Å². The highest BCUT2D eigenvalue weighted by Crippen LogP contribution is 2.24. The zero-order valence-electron chi connectivity index (χ0n) is 11.3. The Bertz CT molecular complexity index is 626. The third-order valence-corrected chi connectivity index (χ3v) is 3.94. The molecule has 0 unspecified atom stereocenters. The summed E-state index contributed by atoms with van der Waals surface area (Å²) < 4.78 is 1.50. The average Bonchev–Trinajstić information content (AvgIpc) is 2.93. The topological polar surface area (TPSA) is 83.6 Å². The summed E-state index contributed by atoms with van der Waals surface area (Å²) in [7, 11) is 0. The van der Waals surface area contributed by atoms with Crippen molar-refractivity contribution in [1.82, 2.24) is 24.9 Å². The Labute approximate surface area is 116 Å². The van der Waals surface area contributed by atoms with Crippen LogP contribution in [-0.2, 0) is 0 Å². The number of rotatable bonds is 2. The molecule has 0 radical (unpaired) electrons. The van der Waals surface area contributed by atoms with Crippen LogP contribution in [-0.4, -0.2) is 55.1 Å². The van der Waals surface area contributed by atoms with Crippen LogP contribution in [0.5, 0.6) is 0 Å². The molecule has 0 aromatic carbocycles. The van der Waals surface area contributed by atoms with Gasteiger partial charge in [0.2, 0.25) is 0 Å². The second kappa shape index (κ2) is 5.16. The van der Waals surface area contributed by atoms with Gasteiger partial charge in [-0.2, -0.15) is 4.52 Å². The Morgan fingerprint density at radius 1 is 1.50 bits per heavy atom. The maximum absolute atomic E-state index is 12.6. The van der Waals surface area contributed by atoms with Gasteiger partial charge < -0.3 is 10.0 Å². The minimum atomic E-state index is -0.00807. The number of aromatic nitrogens is 4. The SMILES string of the molecule is C[C@H]1C[C@@H](CO)CCN1C(=O)c1ccc2nnnn2c1. The number of aliphatic hydroxyl groups excluding tert-OH is 1. The third-order valence-electron chi connectivity index (χ3n) is 3.94. The molecule has 20 heavy (non-hydrogen) atoms. The minimum absolute atomic E-state index is 0.00807. The number of pyridine rings is 1. The van der Waals surface area contributed by atoms with Crippen LogP contribution in [0.4, 0.5) is 0 Å². The number of likely N-dealkylation sites (tertiary alicyclic amines) is 1. The Kier molecular flexibility index (Phi) is 3.35. The van der Waals surface area contributed by atoms with Gasteiger partial charge in [0, 0.05) is 25.4 Å². The van der Waals surface area contributed by atoms with Gasteiger partial charge >= 0.3 is 0 Å². The lowest BCUT2D eigenvalue weighted by Crippen LogP contribution is -2.45. The van der Waals surface area contributed by atoms with E-state index in [2.05, 4.69) is 15.5 Å². The lowest BCUT2D eigenvalue weighted by Gasteiger charge is -2.37. The molecule has 1 aliphatic heterocycles. The zero-order valence-corrected chi connectivity index (χ0v) is 11.3. The van der Waals surface area contributed by atoms with Crippen molar-refractivity contribution >= 4 is 11.6 Å². The molecule has 0 aliphatic carbocycles. The molecule has 3 heterocycles. The normalized spacial score (nSPS) is 23.2. The lowest BCUT2D eigenvalue weighted by atomic mass is 9.92. The third kappa shape index (κ3) is 2.24. The summed E-state index contributed by atoms with van der Waals surface area (Å²) in [6, 6.07) is 3.62. The Morgan fingerprint density at radius 2 is 2.35 bits per heavy atom. The van der Waals surface area contributed by atoms with Crippen molar-refractivity contribution in [2.45, 2.75) is 25.8 Å². The van der Waals surface area contributed by atoms with Gasteiger partial charge in [-0.1, -0.05) is 0 Å². The number of piperidine rings is 1. The first-order valence-electron chi connectivity index (χ1n) is 6.78. The fourth-order valence-corrected chi connectivity index (χ4v) is 2.77. The molecule has 106 valence electrons. The van der Waals surface area contributed by atoms with E-state index in [1.807, 2.05) is 11.8 Å². The maximum atomic E-state index is 12.6. The molecule has 7 nitrogen and oxygen atoms in total. The van der Waals surface area contributed by atoms with Crippen molar-refractivity contribution in [3.05, 3.63) is 23.9 Å². The van der Waals surface area contributed by atoms with Crippen LogP contribution in [0.15, 0.2) is 18.3 Å². The predicted octanol–water partition coefficient (Wildman–Crippen LogP) is 0.357. The number of carbonyl (C=O) groups excluding carboxylic acids is 1. The minimum Gasteiger partial charge on any atom is -0.396 e. The van der Waals surface area contributed by atoms with Gasteiger partial charge in [-0.05, 0) is 48.2 Å². The molecule has 0 bridgehead atoms. The van der Waals surface area contributed by atoms with Gasteiger partial charge in [-0.15, -0.1) is 5.10 Å². The quantitative estimate of drug-likeness (QED) is 0.855. The Morgan fingerprint density at radius 3 is 3.10 bits per heavy atom. The van der Waals surface area contributed by atoms with E-state index in [9.17, 15) is 9.90 Å². The summed E-state index contributed by atoms with van der Waals surface area (Å²) >= 11 is 0. The fourth-order valence-electron chi connectivity index (χ4n) is 2.77. The van der Waals surface area contributed by atoms with Crippen LogP contribution in [0.25, 0.3) is 5.65 Å². The van der Waals surface area contributed by atoms with E-state index < -0.39 is 0 Å². The van der Waals surface area contributed by atoms with Gasteiger partial charge in [0.05, 0.1) is 5.56 Å². The number of carbonyl (C=O) groups is 1. The molecule has 2 aromatic heterocycles. The second-order valence-corrected chi connectivity index (χ2v) is 5.32. The molecule has 2 atom stereocenters. The Hall–Kier alpha value is -2.02. The molecule has 0 spiro atoms. The highest BCUT2D eigenvalue weighted by Gasteiger charge is 2.29. The van der Waals surface area contributed by atoms with Crippen molar-refractivity contribution in [2.24, 2.45) is 5.92 Å². The van der Waals surface area contributed by atoms with Crippen LogP contribution in [0.2, 0.25) is 0 Å². The van der Waals surface area contributed by atoms with E-state index in [0.29, 0.717) is 23.7 Å². The monoisotopic (exact) mass is 275 g/mol. The standard InChI is InChI=1S/C13H17N5O2/c1-9-6-10(8-19)4-5-17(9)13(20)11-2-3-12-14-15-16-18(12)7-11/h2-3,7,9-10,19H,4-6,8H2,1H3/t9-,10-/m0/s1. The molecule has 1 fully saturated rings. The van der Waals surface area contributed by atoms with E-state index in [-0.39, 0.29) is 18.6 Å². The first kappa shape index (κ1) is 13.0. The summed E-state index contributed by atoms with van der Waals surface area (Å²) in [5.41, 5.74) is 1.20. The molecule has 1 amide bonds. The Balaban J connectivity index is 1.81. The number of hydrogen-bond acceptors (Lipinski definition) is 5. The average molecular weight is 275 g/mol. The summed E-state index contributed by atoms with van der Waals surface area (Å²) in [6.45, 7) is 2.90. The molecule has 2 aromatic rings. The first-order valence-corrected chi connectivity index (χ1v) is 6.78. The van der Waals surface area contributed by atoms with Gasteiger partial charge in [0.1, 0.15) is 0 Å². The van der Waals surface area contributed by atoms with Crippen LogP contribution < -0.4 is 0 Å². The molecular formula is C13H17N5O2. The van der Waals surface area contributed by atoms with Gasteiger partial charge in [0.15, 0.2) is 5.65 Å². The lowest BCUT2D eigenvalue weighted by molar-refractivity contribution is 0.0514. The number of nitrogens with zero attached hydrogens (tertiary/aromatic N) is 5. The van der Waals surface area contributed by atoms with Crippen LogP contribution in [0.3, 0.4) is 0 Å². The number of aliphatic hydroxyl groups is 1. The van der Waals surface area contributed by atoms with E-state index >= 15 is 0 Å². The van der Waals surface area contributed by atoms with Gasteiger partial charge in [-0.25, -0.2) is 0 Å². The van der Waals surface area contributed by atoms with E-state index in [0.717, 1.165) is 12.8 Å². The van der Waals surface area contributed by atoms with E-state index in [4.69, 9.17) is 0 Å². The van der Waals surface area contributed by atoms with Crippen LogP contribution >= 0.6 is 0 Å². The first-order chi connectivity index (χ1) is 9.69. The summed E-state index contributed by atoms with van der Waals surface area (Å²) in [5, 5.41) is 20.4. The molecule has 0 saturated carbocycles.